The number of hydrogen-bond acceptors (Lipinski definition) is 5. The average Bonchev–Trinajstić information content (AvgIpc) is 2.62. The van der Waals surface area contributed by atoms with E-state index in [-0.39, 0.29) is 5.41 Å². The zero-order valence-corrected chi connectivity index (χ0v) is 14.1. The number of carbonyl (C=O) groups is 1. The van der Waals surface area contributed by atoms with E-state index < -0.39 is 11.7 Å². The number of anilines is 1. The van der Waals surface area contributed by atoms with Crippen molar-refractivity contribution < 1.29 is 9.53 Å². The molecule has 5 nitrogen and oxygen atoms in total. The fourth-order valence-corrected chi connectivity index (χ4v) is 4.03. The van der Waals surface area contributed by atoms with Crippen LogP contribution in [0.2, 0.25) is 0 Å². The van der Waals surface area contributed by atoms with Crippen LogP contribution < -0.4 is 11.1 Å². The predicted molar refractivity (Wildman–Crippen MR) is 85.9 cm³/mol. The van der Waals surface area contributed by atoms with Crippen LogP contribution in [0.1, 0.15) is 57.0 Å². The van der Waals surface area contributed by atoms with Gasteiger partial charge < -0.3 is 10.5 Å². The molecule has 1 aromatic heterocycles. The number of aromatic nitrogens is 1. The van der Waals surface area contributed by atoms with Crippen LogP contribution in [0.25, 0.3) is 0 Å². The SMILES string of the molecule is Cc1nc(NC(=O)OC(C)(C)C)sc1C1(CCN)CCC1. The van der Waals surface area contributed by atoms with Crippen molar-refractivity contribution in [3.05, 3.63) is 10.6 Å². The highest BCUT2D eigenvalue weighted by Gasteiger charge is 2.41. The van der Waals surface area contributed by atoms with E-state index >= 15 is 0 Å². The number of hydrogen-bond donors (Lipinski definition) is 2. The van der Waals surface area contributed by atoms with E-state index in [1.54, 1.807) is 11.3 Å². The Morgan fingerprint density at radius 1 is 1.48 bits per heavy atom. The van der Waals surface area contributed by atoms with Crippen molar-refractivity contribution in [1.29, 1.82) is 0 Å². The van der Waals surface area contributed by atoms with E-state index in [4.69, 9.17) is 10.5 Å². The highest BCUT2D eigenvalue weighted by atomic mass is 32.1. The van der Waals surface area contributed by atoms with Gasteiger partial charge in [0.25, 0.3) is 0 Å². The lowest BCUT2D eigenvalue weighted by Gasteiger charge is -2.41. The molecule has 1 amide bonds. The molecule has 0 unspecified atom stereocenters. The molecule has 0 aromatic carbocycles. The molecular weight excluding hydrogens is 286 g/mol. The molecule has 0 bridgehead atoms. The maximum absolute atomic E-state index is 11.8. The Morgan fingerprint density at radius 2 is 2.14 bits per heavy atom. The minimum Gasteiger partial charge on any atom is -0.444 e. The van der Waals surface area contributed by atoms with E-state index in [0.29, 0.717) is 11.7 Å². The first-order chi connectivity index (χ1) is 9.76. The number of nitrogens with zero attached hydrogens (tertiary/aromatic N) is 1. The molecule has 2 rings (SSSR count). The van der Waals surface area contributed by atoms with Crippen LogP contribution in [0.3, 0.4) is 0 Å². The molecule has 0 radical (unpaired) electrons. The van der Waals surface area contributed by atoms with E-state index in [0.717, 1.165) is 12.1 Å². The number of thiazole rings is 1. The van der Waals surface area contributed by atoms with Crippen molar-refractivity contribution in [2.45, 2.75) is 64.4 Å². The molecular formula is C15H25N3O2S. The van der Waals surface area contributed by atoms with Crippen LogP contribution in [0.4, 0.5) is 9.93 Å². The predicted octanol–water partition coefficient (Wildman–Crippen LogP) is 3.57. The van der Waals surface area contributed by atoms with E-state index in [9.17, 15) is 4.79 Å². The van der Waals surface area contributed by atoms with Crippen molar-refractivity contribution in [3.63, 3.8) is 0 Å². The molecule has 1 aromatic rings. The molecule has 0 spiro atoms. The third kappa shape index (κ3) is 3.74. The van der Waals surface area contributed by atoms with Gasteiger partial charge in [0.05, 0.1) is 5.69 Å². The Hall–Kier alpha value is -1.14. The van der Waals surface area contributed by atoms with Gasteiger partial charge in [-0.2, -0.15) is 0 Å². The second-order valence-electron chi connectivity index (χ2n) is 6.73. The quantitative estimate of drug-likeness (QED) is 0.891. The zero-order chi connectivity index (χ0) is 15.7. The maximum Gasteiger partial charge on any atom is 0.413 e. The summed E-state index contributed by atoms with van der Waals surface area (Å²) in [4.78, 5) is 17.6. The van der Waals surface area contributed by atoms with Gasteiger partial charge >= 0.3 is 6.09 Å². The second-order valence-corrected chi connectivity index (χ2v) is 7.73. The van der Waals surface area contributed by atoms with Gasteiger partial charge in [0.1, 0.15) is 5.60 Å². The first kappa shape index (κ1) is 16.2. The van der Waals surface area contributed by atoms with Crippen molar-refractivity contribution >= 4 is 22.6 Å². The number of aryl methyl sites for hydroxylation is 1. The normalized spacial score (nSPS) is 17.2. The molecule has 0 saturated heterocycles. The number of nitrogens with two attached hydrogens (primary N) is 1. The first-order valence-electron chi connectivity index (χ1n) is 7.44. The lowest BCUT2D eigenvalue weighted by molar-refractivity contribution is 0.0636. The number of rotatable bonds is 4. The zero-order valence-electron chi connectivity index (χ0n) is 13.3. The topological polar surface area (TPSA) is 77.2 Å². The molecule has 6 heteroatoms. The highest BCUT2D eigenvalue weighted by molar-refractivity contribution is 7.16. The monoisotopic (exact) mass is 311 g/mol. The average molecular weight is 311 g/mol. The molecule has 21 heavy (non-hydrogen) atoms. The van der Waals surface area contributed by atoms with Gasteiger partial charge in [-0.3, -0.25) is 5.32 Å². The summed E-state index contributed by atoms with van der Waals surface area (Å²) >= 11 is 1.56. The highest BCUT2D eigenvalue weighted by Crippen LogP contribution is 2.50. The van der Waals surface area contributed by atoms with Gasteiger partial charge in [-0.05, 0) is 53.5 Å². The summed E-state index contributed by atoms with van der Waals surface area (Å²) in [5.74, 6) is 0. The molecule has 3 N–H and O–H groups in total. The lowest BCUT2D eigenvalue weighted by Crippen LogP contribution is -2.36. The third-order valence-electron chi connectivity index (χ3n) is 3.82. The third-order valence-corrected chi connectivity index (χ3v) is 5.14. The molecule has 1 aliphatic rings. The van der Waals surface area contributed by atoms with E-state index in [1.165, 1.54) is 24.1 Å². The van der Waals surface area contributed by atoms with Crippen LogP contribution in [0.5, 0.6) is 0 Å². The molecule has 1 heterocycles. The Balaban J connectivity index is 2.10. The van der Waals surface area contributed by atoms with Crippen LogP contribution in [0, 0.1) is 6.92 Å². The first-order valence-corrected chi connectivity index (χ1v) is 8.25. The van der Waals surface area contributed by atoms with Crippen LogP contribution in [-0.2, 0) is 10.2 Å². The summed E-state index contributed by atoms with van der Waals surface area (Å²) in [7, 11) is 0. The van der Waals surface area contributed by atoms with Crippen molar-refractivity contribution in [1.82, 2.24) is 4.98 Å². The Morgan fingerprint density at radius 3 is 2.62 bits per heavy atom. The second kappa shape index (κ2) is 5.93. The van der Waals surface area contributed by atoms with Crippen molar-refractivity contribution in [2.24, 2.45) is 5.73 Å². The van der Waals surface area contributed by atoms with Gasteiger partial charge in [-0.15, -0.1) is 11.3 Å². The van der Waals surface area contributed by atoms with Gasteiger partial charge in [0.15, 0.2) is 5.13 Å². The smallest absolute Gasteiger partial charge is 0.413 e. The minimum absolute atomic E-state index is 0.185. The van der Waals surface area contributed by atoms with Crippen molar-refractivity contribution in [2.75, 3.05) is 11.9 Å². The molecule has 1 fully saturated rings. The summed E-state index contributed by atoms with van der Waals surface area (Å²) in [6.07, 6.45) is 4.11. The number of ether oxygens (including phenoxy) is 1. The minimum atomic E-state index is -0.506. The molecule has 1 saturated carbocycles. The van der Waals surface area contributed by atoms with Crippen LogP contribution in [-0.4, -0.2) is 23.2 Å². The largest absolute Gasteiger partial charge is 0.444 e. The number of nitrogens with one attached hydrogen (secondary N) is 1. The van der Waals surface area contributed by atoms with Crippen molar-refractivity contribution in [3.8, 4) is 0 Å². The Bertz CT molecular complexity index is 515. The van der Waals surface area contributed by atoms with Crippen LogP contribution >= 0.6 is 11.3 Å². The molecule has 1 aliphatic carbocycles. The van der Waals surface area contributed by atoms with E-state index in [2.05, 4.69) is 10.3 Å². The summed E-state index contributed by atoms with van der Waals surface area (Å²) in [6, 6.07) is 0. The lowest BCUT2D eigenvalue weighted by atomic mass is 9.65. The van der Waals surface area contributed by atoms with Gasteiger partial charge in [-0.25, -0.2) is 9.78 Å². The van der Waals surface area contributed by atoms with Gasteiger partial charge in [0.2, 0.25) is 0 Å². The Labute approximate surface area is 130 Å². The Kier molecular flexibility index (Phi) is 4.58. The van der Waals surface area contributed by atoms with Crippen LogP contribution in [0.15, 0.2) is 0 Å². The molecule has 118 valence electrons. The summed E-state index contributed by atoms with van der Waals surface area (Å²) in [5.41, 5.74) is 6.44. The maximum atomic E-state index is 11.8. The molecule has 0 aliphatic heterocycles. The number of amides is 1. The standard InChI is InChI=1S/C15H25N3O2S/c1-10-11(15(8-9-16)6-5-7-15)21-12(17-10)18-13(19)20-14(2,3)4/h5-9,16H2,1-4H3,(H,17,18,19). The summed E-state index contributed by atoms with van der Waals surface area (Å²) in [6.45, 7) is 8.22. The molecule has 0 atom stereocenters. The van der Waals surface area contributed by atoms with E-state index in [1.807, 2.05) is 27.7 Å². The van der Waals surface area contributed by atoms with Gasteiger partial charge in [0, 0.05) is 10.3 Å². The number of carbonyl (C=O) groups excluding carboxylic acids is 1. The summed E-state index contributed by atoms with van der Waals surface area (Å²) in [5, 5.41) is 3.35. The fourth-order valence-electron chi connectivity index (χ4n) is 2.80. The fraction of sp³-hybridized carbons (Fsp3) is 0.733. The summed E-state index contributed by atoms with van der Waals surface area (Å²) < 4.78 is 5.26. The van der Waals surface area contributed by atoms with Gasteiger partial charge in [-0.1, -0.05) is 6.42 Å².